The number of ether oxygens (including phenoxy) is 1. The summed E-state index contributed by atoms with van der Waals surface area (Å²) in [5, 5.41) is 15.0. The van der Waals surface area contributed by atoms with Crippen LogP contribution in [0.4, 0.5) is 0 Å². The maximum Gasteiger partial charge on any atom is 0.235 e. The normalized spacial score (nSPS) is 11.5. The number of methoxy groups -OCH3 is 1. The van der Waals surface area contributed by atoms with Gasteiger partial charge < -0.3 is 4.74 Å². The van der Waals surface area contributed by atoms with Crippen molar-refractivity contribution in [2.75, 3.05) is 7.11 Å². The van der Waals surface area contributed by atoms with Crippen molar-refractivity contribution in [3.05, 3.63) is 29.0 Å². The second kappa shape index (κ2) is 6.44. The van der Waals surface area contributed by atoms with Gasteiger partial charge in [-0.1, -0.05) is 36.8 Å². The van der Waals surface area contributed by atoms with Crippen LogP contribution in [-0.4, -0.2) is 32.2 Å². The molecule has 0 N–H and O–H groups in total. The van der Waals surface area contributed by atoms with E-state index in [1.165, 1.54) is 11.3 Å². The number of hydrogen-bond donors (Lipinski definition) is 0. The van der Waals surface area contributed by atoms with E-state index in [0.29, 0.717) is 16.0 Å². The van der Waals surface area contributed by atoms with Crippen molar-refractivity contribution in [3.8, 4) is 16.3 Å². The molecule has 0 aliphatic rings. The number of halogens is 1. The van der Waals surface area contributed by atoms with Gasteiger partial charge in [0.1, 0.15) is 10.8 Å². The number of nitrogens with zero attached hydrogens (tertiary/aromatic N) is 4. The zero-order valence-electron chi connectivity index (χ0n) is 12.4. The predicted molar refractivity (Wildman–Crippen MR) is 92.1 cm³/mol. The molecule has 0 atom stereocenters. The van der Waals surface area contributed by atoms with Crippen molar-refractivity contribution < 1.29 is 4.74 Å². The standard InChI is InChI=1S/C14H15ClN4OS2/c1-8(2)21-7-12-16-17-14-19(12)18-13(22-14)9-4-5-11(20-3)10(15)6-9/h4-6,8H,7H2,1-3H3. The van der Waals surface area contributed by atoms with Crippen LogP contribution in [-0.2, 0) is 5.75 Å². The van der Waals surface area contributed by atoms with E-state index >= 15 is 0 Å². The molecule has 0 unspecified atom stereocenters. The molecule has 22 heavy (non-hydrogen) atoms. The number of rotatable bonds is 5. The Morgan fingerprint density at radius 1 is 1.36 bits per heavy atom. The maximum absolute atomic E-state index is 6.18. The van der Waals surface area contributed by atoms with E-state index in [9.17, 15) is 0 Å². The Hall–Kier alpha value is -1.31. The van der Waals surface area contributed by atoms with Crippen LogP contribution in [0.3, 0.4) is 0 Å². The van der Waals surface area contributed by atoms with Crippen LogP contribution < -0.4 is 4.74 Å². The van der Waals surface area contributed by atoms with E-state index in [0.717, 1.165) is 27.1 Å². The summed E-state index contributed by atoms with van der Waals surface area (Å²) in [4.78, 5) is 0.793. The molecular formula is C14H15ClN4OS2. The van der Waals surface area contributed by atoms with Crippen molar-refractivity contribution in [2.24, 2.45) is 0 Å². The molecule has 116 valence electrons. The van der Waals surface area contributed by atoms with Gasteiger partial charge >= 0.3 is 0 Å². The first kappa shape index (κ1) is 15.6. The van der Waals surface area contributed by atoms with Crippen molar-refractivity contribution >= 4 is 39.7 Å². The summed E-state index contributed by atoms with van der Waals surface area (Å²) in [6.07, 6.45) is 0. The Balaban J connectivity index is 1.93. The molecule has 0 aliphatic carbocycles. The molecule has 0 bridgehead atoms. The lowest BCUT2D eigenvalue weighted by Gasteiger charge is -2.03. The fourth-order valence-corrected chi connectivity index (χ4v) is 3.68. The number of aromatic nitrogens is 4. The van der Waals surface area contributed by atoms with Gasteiger partial charge in [0.05, 0.1) is 17.9 Å². The Kier molecular flexibility index (Phi) is 4.56. The summed E-state index contributed by atoms with van der Waals surface area (Å²) in [6, 6.07) is 5.64. The SMILES string of the molecule is COc1ccc(-c2nn3c(CSC(C)C)nnc3s2)cc1Cl. The van der Waals surface area contributed by atoms with Gasteiger partial charge in [0.15, 0.2) is 5.82 Å². The lowest BCUT2D eigenvalue weighted by molar-refractivity contribution is 0.415. The highest BCUT2D eigenvalue weighted by Crippen LogP contribution is 2.32. The maximum atomic E-state index is 6.18. The van der Waals surface area contributed by atoms with Gasteiger partial charge in [-0.25, -0.2) is 0 Å². The Labute approximate surface area is 141 Å². The number of hydrogen-bond acceptors (Lipinski definition) is 6. The van der Waals surface area contributed by atoms with E-state index in [1.807, 2.05) is 34.5 Å². The lowest BCUT2D eigenvalue weighted by Crippen LogP contribution is -1.96. The Morgan fingerprint density at radius 3 is 2.86 bits per heavy atom. The van der Waals surface area contributed by atoms with Crippen LogP contribution in [0.5, 0.6) is 5.75 Å². The molecule has 0 radical (unpaired) electrons. The Bertz CT molecular complexity index is 799. The first-order chi connectivity index (χ1) is 10.6. The summed E-state index contributed by atoms with van der Waals surface area (Å²) in [7, 11) is 1.60. The van der Waals surface area contributed by atoms with E-state index in [1.54, 1.807) is 7.11 Å². The molecule has 0 saturated carbocycles. The van der Waals surface area contributed by atoms with Crippen molar-refractivity contribution in [1.82, 2.24) is 19.8 Å². The zero-order chi connectivity index (χ0) is 15.7. The average Bonchev–Trinajstić information content (AvgIpc) is 3.05. The molecule has 0 amide bonds. The minimum Gasteiger partial charge on any atom is -0.495 e. The quantitative estimate of drug-likeness (QED) is 0.688. The molecule has 2 heterocycles. The highest BCUT2D eigenvalue weighted by molar-refractivity contribution is 7.99. The monoisotopic (exact) mass is 354 g/mol. The minimum absolute atomic E-state index is 0.547. The van der Waals surface area contributed by atoms with Crippen LogP contribution in [0.15, 0.2) is 18.2 Å². The molecule has 0 spiro atoms. The van der Waals surface area contributed by atoms with Crippen LogP contribution in [0.1, 0.15) is 19.7 Å². The van der Waals surface area contributed by atoms with E-state index in [-0.39, 0.29) is 0 Å². The second-order valence-electron chi connectivity index (χ2n) is 4.93. The molecule has 1 aromatic carbocycles. The summed E-state index contributed by atoms with van der Waals surface area (Å²) in [5.74, 6) is 2.32. The summed E-state index contributed by atoms with van der Waals surface area (Å²) in [6.45, 7) is 4.32. The third-order valence-corrected chi connectivity index (χ3v) is 5.33. The lowest BCUT2D eigenvalue weighted by atomic mass is 10.2. The molecule has 0 aliphatic heterocycles. The van der Waals surface area contributed by atoms with Gasteiger partial charge in [-0.3, -0.25) is 0 Å². The molecule has 0 fully saturated rings. The molecule has 2 aromatic heterocycles. The third kappa shape index (κ3) is 3.06. The smallest absolute Gasteiger partial charge is 0.235 e. The Morgan fingerprint density at radius 2 is 2.18 bits per heavy atom. The van der Waals surface area contributed by atoms with E-state index in [4.69, 9.17) is 16.3 Å². The number of thioether (sulfide) groups is 1. The number of benzene rings is 1. The summed E-state index contributed by atoms with van der Waals surface area (Å²) >= 11 is 9.50. The molecule has 5 nitrogen and oxygen atoms in total. The molecule has 0 saturated heterocycles. The molecular weight excluding hydrogens is 340 g/mol. The van der Waals surface area contributed by atoms with Gasteiger partial charge in [0.25, 0.3) is 0 Å². The van der Waals surface area contributed by atoms with Crippen LogP contribution in [0.25, 0.3) is 15.5 Å². The third-order valence-electron chi connectivity index (χ3n) is 3.00. The molecule has 3 rings (SSSR count). The first-order valence-corrected chi connectivity index (χ1v) is 8.99. The van der Waals surface area contributed by atoms with Crippen LogP contribution in [0, 0.1) is 0 Å². The van der Waals surface area contributed by atoms with Crippen LogP contribution >= 0.6 is 34.7 Å². The highest BCUT2D eigenvalue weighted by atomic mass is 35.5. The van der Waals surface area contributed by atoms with Crippen molar-refractivity contribution in [2.45, 2.75) is 24.9 Å². The van der Waals surface area contributed by atoms with Gasteiger partial charge in [-0.15, -0.1) is 10.2 Å². The van der Waals surface area contributed by atoms with Crippen LogP contribution in [0.2, 0.25) is 5.02 Å². The van der Waals surface area contributed by atoms with Gasteiger partial charge in [0, 0.05) is 5.56 Å². The topological polar surface area (TPSA) is 52.3 Å². The number of fused-ring (bicyclic) bond motifs is 1. The second-order valence-corrected chi connectivity index (χ2v) is 7.85. The molecule has 3 aromatic rings. The fourth-order valence-electron chi connectivity index (χ4n) is 1.90. The van der Waals surface area contributed by atoms with Crippen molar-refractivity contribution in [3.63, 3.8) is 0 Å². The minimum atomic E-state index is 0.547. The van der Waals surface area contributed by atoms with Gasteiger partial charge in [-0.2, -0.15) is 21.4 Å². The predicted octanol–water partition coefficient (Wildman–Crippen LogP) is 4.16. The van der Waals surface area contributed by atoms with E-state index in [2.05, 4.69) is 29.1 Å². The fraction of sp³-hybridized carbons (Fsp3) is 0.357. The summed E-state index contributed by atoms with van der Waals surface area (Å²) in [5.41, 5.74) is 0.948. The van der Waals surface area contributed by atoms with Gasteiger partial charge in [0.2, 0.25) is 4.96 Å². The first-order valence-electron chi connectivity index (χ1n) is 6.75. The van der Waals surface area contributed by atoms with Crippen molar-refractivity contribution in [1.29, 1.82) is 0 Å². The van der Waals surface area contributed by atoms with Gasteiger partial charge in [-0.05, 0) is 23.4 Å². The average molecular weight is 355 g/mol. The summed E-state index contributed by atoms with van der Waals surface area (Å²) < 4.78 is 6.99. The zero-order valence-corrected chi connectivity index (χ0v) is 14.8. The molecule has 8 heteroatoms. The van der Waals surface area contributed by atoms with E-state index < -0.39 is 0 Å². The largest absolute Gasteiger partial charge is 0.495 e. The highest BCUT2D eigenvalue weighted by Gasteiger charge is 2.14.